The Morgan fingerprint density at radius 1 is 1.44 bits per heavy atom. The zero-order valence-electron chi connectivity index (χ0n) is 10.7. The van der Waals surface area contributed by atoms with Gasteiger partial charge < -0.3 is 15.4 Å². The fourth-order valence-corrected chi connectivity index (χ4v) is 2.13. The Hall–Kier alpha value is -0.610. The minimum absolute atomic E-state index is 0.0983. The number of nitrogens with zero attached hydrogens (tertiary/aromatic N) is 1. The number of likely N-dealkylation sites (tertiary alicyclic amines) is 1. The third kappa shape index (κ3) is 3.19. The van der Waals surface area contributed by atoms with E-state index in [-0.39, 0.29) is 5.91 Å². The molecule has 1 rings (SSSR count). The molecule has 0 aliphatic carbocycles. The minimum Gasteiger partial charge on any atom is -0.369 e. The van der Waals surface area contributed by atoms with Crippen LogP contribution in [0.3, 0.4) is 0 Å². The zero-order chi connectivity index (χ0) is 12.2. The fourth-order valence-electron chi connectivity index (χ4n) is 2.13. The number of rotatable bonds is 4. The molecule has 2 N–H and O–H groups in total. The van der Waals surface area contributed by atoms with Crippen molar-refractivity contribution in [1.82, 2.24) is 4.90 Å². The number of carbonyl (C=O) groups excluding carboxylic acids is 1. The van der Waals surface area contributed by atoms with Gasteiger partial charge in [0.15, 0.2) is 0 Å². The highest BCUT2D eigenvalue weighted by atomic mass is 16.5. The van der Waals surface area contributed by atoms with Crippen LogP contribution in [0.4, 0.5) is 0 Å². The molecule has 1 aliphatic heterocycles. The summed E-state index contributed by atoms with van der Waals surface area (Å²) in [5.41, 5.74) is 4.85. The summed E-state index contributed by atoms with van der Waals surface area (Å²) in [6.07, 6.45) is 3.22. The van der Waals surface area contributed by atoms with Gasteiger partial charge in [0.25, 0.3) is 5.91 Å². The first-order valence-electron chi connectivity index (χ1n) is 6.06. The lowest BCUT2D eigenvalue weighted by Crippen LogP contribution is -2.49. The average molecular weight is 228 g/mol. The standard InChI is InChI=1S/C12H24N2O2/c1-12(2,16-3)11(15)14-8-5-10(4-7-13)6-9-14/h10H,4-9,13H2,1-3H3. The van der Waals surface area contributed by atoms with E-state index in [1.807, 2.05) is 18.7 Å². The molecule has 0 aromatic carbocycles. The van der Waals surface area contributed by atoms with Gasteiger partial charge in [-0.25, -0.2) is 0 Å². The van der Waals surface area contributed by atoms with Crippen molar-refractivity contribution in [2.24, 2.45) is 11.7 Å². The summed E-state index contributed by atoms with van der Waals surface area (Å²) in [5.74, 6) is 0.793. The number of nitrogens with two attached hydrogens (primary N) is 1. The summed E-state index contributed by atoms with van der Waals surface area (Å²) < 4.78 is 5.22. The molecule has 1 aliphatic rings. The molecule has 0 radical (unpaired) electrons. The maximum Gasteiger partial charge on any atom is 0.254 e. The van der Waals surface area contributed by atoms with E-state index in [4.69, 9.17) is 10.5 Å². The lowest BCUT2D eigenvalue weighted by atomic mass is 9.92. The molecule has 4 nitrogen and oxygen atoms in total. The molecule has 4 heteroatoms. The van der Waals surface area contributed by atoms with Crippen molar-refractivity contribution in [3.63, 3.8) is 0 Å². The van der Waals surface area contributed by atoms with Crippen LogP contribution in [-0.2, 0) is 9.53 Å². The van der Waals surface area contributed by atoms with Crippen LogP contribution in [0, 0.1) is 5.92 Å². The molecule has 1 saturated heterocycles. The van der Waals surface area contributed by atoms with E-state index in [9.17, 15) is 4.79 Å². The van der Waals surface area contributed by atoms with Crippen molar-refractivity contribution >= 4 is 5.91 Å². The number of hydrogen-bond donors (Lipinski definition) is 1. The molecule has 0 bridgehead atoms. The summed E-state index contributed by atoms with van der Waals surface area (Å²) in [6.45, 7) is 6.08. The second-order valence-corrected chi connectivity index (χ2v) is 5.03. The van der Waals surface area contributed by atoms with Gasteiger partial charge in [0.2, 0.25) is 0 Å². The highest BCUT2D eigenvalue weighted by Gasteiger charge is 2.33. The maximum atomic E-state index is 12.1. The Labute approximate surface area is 98.1 Å². The number of hydrogen-bond acceptors (Lipinski definition) is 3. The van der Waals surface area contributed by atoms with E-state index in [1.54, 1.807) is 7.11 Å². The van der Waals surface area contributed by atoms with Gasteiger partial charge in [-0.3, -0.25) is 4.79 Å². The van der Waals surface area contributed by atoms with Crippen molar-refractivity contribution in [3.05, 3.63) is 0 Å². The van der Waals surface area contributed by atoms with Gasteiger partial charge in [-0.1, -0.05) is 0 Å². The molecule has 16 heavy (non-hydrogen) atoms. The molecule has 1 fully saturated rings. The van der Waals surface area contributed by atoms with Crippen LogP contribution in [-0.4, -0.2) is 43.2 Å². The van der Waals surface area contributed by atoms with E-state index in [2.05, 4.69) is 0 Å². The van der Waals surface area contributed by atoms with Crippen LogP contribution >= 0.6 is 0 Å². The molecule has 0 aromatic heterocycles. The Bertz CT molecular complexity index is 233. The fraction of sp³-hybridized carbons (Fsp3) is 0.917. The zero-order valence-corrected chi connectivity index (χ0v) is 10.7. The molecule has 1 heterocycles. The lowest BCUT2D eigenvalue weighted by molar-refractivity contribution is -0.152. The Morgan fingerprint density at radius 2 is 2.00 bits per heavy atom. The topological polar surface area (TPSA) is 55.6 Å². The Balaban J connectivity index is 2.45. The molecule has 0 saturated carbocycles. The number of amides is 1. The van der Waals surface area contributed by atoms with Crippen LogP contribution < -0.4 is 5.73 Å². The molecule has 1 amide bonds. The van der Waals surface area contributed by atoms with Crippen LogP contribution in [0.1, 0.15) is 33.1 Å². The summed E-state index contributed by atoms with van der Waals surface area (Å²) in [7, 11) is 1.58. The van der Waals surface area contributed by atoms with Gasteiger partial charge in [0.05, 0.1) is 0 Å². The van der Waals surface area contributed by atoms with Crippen molar-refractivity contribution in [3.8, 4) is 0 Å². The predicted molar refractivity (Wildman–Crippen MR) is 64.1 cm³/mol. The van der Waals surface area contributed by atoms with Crippen LogP contribution in [0.25, 0.3) is 0 Å². The number of piperidine rings is 1. The highest BCUT2D eigenvalue weighted by molar-refractivity contribution is 5.84. The second-order valence-electron chi connectivity index (χ2n) is 5.03. The monoisotopic (exact) mass is 228 g/mol. The van der Waals surface area contributed by atoms with Gasteiger partial charge in [-0.2, -0.15) is 0 Å². The largest absolute Gasteiger partial charge is 0.369 e. The number of carbonyl (C=O) groups is 1. The van der Waals surface area contributed by atoms with Crippen LogP contribution in [0.2, 0.25) is 0 Å². The van der Waals surface area contributed by atoms with Crippen molar-refractivity contribution in [2.75, 3.05) is 26.7 Å². The predicted octanol–water partition coefficient (Wildman–Crippen LogP) is 0.999. The minimum atomic E-state index is -0.694. The first-order chi connectivity index (χ1) is 7.51. The van der Waals surface area contributed by atoms with Crippen LogP contribution in [0.15, 0.2) is 0 Å². The molecule has 0 unspecified atom stereocenters. The Kier molecular flexibility index (Phi) is 4.74. The van der Waals surface area contributed by atoms with E-state index in [0.717, 1.165) is 38.9 Å². The summed E-state index contributed by atoms with van der Waals surface area (Å²) in [4.78, 5) is 14.0. The van der Waals surface area contributed by atoms with E-state index < -0.39 is 5.60 Å². The maximum absolute atomic E-state index is 12.1. The quantitative estimate of drug-likeness (QED) is 0.781. The van der Waals surface area contributed by atoms with Gasteiger partial charge in [-0.15, -0.1) is 0 Å². The van der Waals surface area contributed by atoms with E-state index in [1.165, 1.54) is 0 Å². The molecule has 94 valence electrons. The SMILES string of the molecule is COC(C)(C)C(=O)N1CCC(CCN)CC1. The van der Waals surface area contributed by atoms with Gasteiger partial charge in [0, 0.05) is 20.2 Å². The third-order valence-electron chi connectivity index (χ3n) is 3.50. The first kappa shape index (κ1) is 13.5. The molecular formula is C12H24N2O2. The highest BCUT2D eigenvalue weighted by Crippen LogP contribution is 2.22. The van der Waals surface area contributed by atoms with E-state index in [0.29, 0.717) is 5.92 Å². The summed E-state index contributed by atoms with van der Waals surface area (Å²) in [6, 6.07) is 0. The second kappa shape index (κ2) is 5.64. The molecular weight excluding hydrogens is 204 g/mol. The average Bonchev–Trinajstić information content (AvgIpc) is 2.29. The molecule has 0 spiro atoms. The summed E-state index contributed by atoms with van der Waals surface area (Å²) in [5, 5.41) is 0. The number of methoxy groups -OCH3 is 1. The van der Waals surface area contributed by atoms with Crippen molar-refractivity contribution < 1.29 is 9.53 Å². The van der Waals surface area contributed by atoms with Crippen LogP contribution in [0.5, 0.6) is 0 Å². The smallest absolute Gasteiger partial charge is 0.254 e. The van der Waals surface area contributed by atoms with Crippen molar-refractivity contribution in [1.29, 1.82) is 0 Å². The third-order valence-corrected chi connectivity index (χ3v) is 3.50. The van der Waals surface area contributed by atoms with Gasteiger partial charge in [0.1, 0.15) is 5.60 Å². The van der Waals surface area contributed by atoms with Gasteiger partial charge in [-0.05, 0) is 45.6 Å². The first-order valence-corrected chi connectivity index (χ1v) is 6.06. The number of ether oxygens (including phenoxy) is 1. The van der Waals surface area contributed by atoms with Crippen molar-refractivity contribution in [2.45, 2.75) is 38.7 Å². The molecule has 0 aromatic rings. The Morgan fingerprint density at radius 3 is 2.44 bits per heavy atom. The normalized spacial score (nSPS) is 18.9. The lowest BCUT2D eigenvalue weighted by Gasteiger charge is -2.36. The van der Waals surface area contributed by atoms with Gasteiger partial charge >= 0.3 is 0 Å². The molecule has 0 atom stereocenters. The van der Waals surface area contributed by atoms with E-state index >= 15 is 0 Å². The summed E-state index contributed by atoms with van der Waals surface area (Å²) >= 11 is 0.